The van der Waals surface area contributed by atoms with E-state index in [1.165, 1.54) is 100 Å². The minimum absolute atomic E-state index is 0.00869. The van der Waals surface area contributed by atoms with E-state index in [1.54, 1.807) is 0 Å². The number of aliphatic hydroxyl groups is 1. The van der Waals surface area contributed by atoms with Gasteiger partial charge in [-0.15, -0.1) is 0 Å². The van der Waals surface area contributed by atoms with Gasteiger partial charge in [0.1, 0.15) is 95.8 Å². The number of fused-ring (bicyclic) bond motifs is 1. The number of primary amides is 1. The molecular formula is C96H137N27O23S2. The fourth-order valence-electron chi connectivity index (χ4n) is 20.1. The molecule has 52 heteroatoms. The summed E-state index contributed by atoms with van der Waals surface area (Å²) in [6, 6.07) is -8.02. The number of likely N-dealkylation sites (tertiary alicyclic amines) is 2. The molecule has 16 atom stereocenters. The van der Waals surface area contributed by atoms with E-state index in [0.717, 1.165) is 39.0 Å². The van der Waals surface area contributed by atoms with Gasteiger partial charge in [0.2, 0.25) is 100 Å². The lowest BCUT2D eigenvalue weighted by Gasteiger charge is -2.54. The number of aromatic amines is 1. The van der Waals surface area contributed by atoms with E-state index >= 15 is 38.4 Å². The zero-order chi connectivity index (χ0) is 107. The van der Waals surface area contributed by atoms with E-state index in [2.05, 4.69) is 89.7 Å². The number of H-pyrrole nitrogens is 1. The Kier molecular flexibility index (Phi) is 42.5. The molecule has 5 heterocycles. The van der Waals surface area contributed by atoms with Crippen molar-refractivity contribution in [3.63, 3.8) is 0 Å². The molecule has 17 amide bonds. The van der Waals surface area contributed by atoms with Crippen LogP contribution in [0.2, 0.25) is 0 Å². The lowest BCUT2D eigenvalue weighted by molar-refractivity contribution is -0.152. The summed E-state index contributed by atoms with van der Waals surface area (Å²) in [4.78, 5) is 275. The van der Waals surface area contributed by atoms with Gasteiger partial charge >= 0.3 is 5.97 Å². The van der Waals surface area contributed by atoms with Crippen LogP contribution in [0.25, 0.3) is 0 Å². The Labute approximate surface area is 860 Å². The van der Waals surface area contributed by atoms with Crippen LogP contribution in [0.3, 0.4) is 0 Å². The number of nitrogens with zero attached hydrogens (tertiary/aromatic N) is 4. The summed E-state index contributed by atoms with van der Waals surface area (Å²) in [6.07, 6.45) is 2.66. The fourth-order valence-corrected chi connectivity index (χ4v) is 22.4. The number of phenols is 3. The molecule has 3 aromatic carbocycles. The van der Waals surface area contributed by atoms with Crippen molar-refractivity contribution in [3.05, 3.63) is 108 Å². The van der Waals surface area contributed by atoms with Crippen molar-refractivity contribution in [2.75, 3.05) is 57.3 Å². The Balaban J connectivity index is 0.963. The number of carbonyl (C=O) groups is 18. The van der Waals surface area contributed by atoms with Crippen molar-refractivity contribution in [2.45, 2.75) is 264 Å². The van der Waals surface area contributed by atoms with E-state index in [0.29, 0.717) is 57.5 Å². The highest BCUT2D eigenvalue weighted by Crippen LogP contribution is 2.54. The van der Waals surface area contributed by atoms with Crippen LogP contribution in [0, 0.1) is 34.5 Å². The predicted octanol–water partition coefficient (Wildman–Crippen LogP) is -5.73. The number of rotatable bonds is 39. The number of amides is 17. The normalized spacial score (nSPS) is 24.6. The maximum atomic E-state index is 16.1. The van der Waals surface area contributed by atoms with Crippen LogP contribution >= 0.6 is 21.6 Å². The second-order valence-corrected chi connectivity index (χ2v) is 41.3. The number of aromatic hydroxyl groups is 3. The molecule has 4 aliphatic carbocycles. The first-order valence-corrected chi connectivity index (χ1v) is 52.3. The lowest BCUT2D eigenvalue weighted by Crippen LogP contribution is -2.62. The number of aliphatic carboxylic acids is 1. The van der Waals surface area contributed by atoms with Crippen LogP contribution < -0.4 is 108 Å². The fraction of sp³-hybridized carbons (Fsp3) is 0.573. The summed E-state index contributed by atoms with van der Waals surface area (Å²) in [5.74, 6) is -19.1. The average molecular weight is 2100 g/mol. The Morgan fingerprint density at radius 3 is 1.68 bits per heavy atom. The van der Waals surface area contributed by atoms with E-state index in [4.69, 9.17) is 39.5 Å². The van der Waals surface area contributed by atoms with Gasteiger partial charge in [-0.25, -0.2) is 9.78 Å². The number of guanidine groups is 2. The number of imidazole rings is 1. The number of nitrogens with two attached hydrogens (primary N) is 5. The van der Waals surface area contributed by atoms with Gasteiger partial charge in [0.25, 0.3) is 0 Å². The van der Waals surface area contributed by atoms with Crippen LogP contribution in [0.1, 0.15) is 158 Å². The number of hydrogen-bond acceptors (Lipinski definition) is 29. The molecule has 50 nitrogen and oxygen atoms in total. The van der Waals surface area contributed by atoms with Crippen LogP contribution in [-0.4, -0.2) is 329 Å². The molecule has 4 aromatic rings. The number of nitrogens with one attached hydrogen (secondary N) is 18. The number of carbonyl (C=O) groups excluding carboxylic acids is 17. The third-order valence-corrected chi connectivity index (χ3v) is 30.1. The molecule has 806 valence electrons. The maximum absolute atomic E-state index is 16.1. The molecule has 12 rings (SSSR count). The zero-order valence-electron chi connectivity index (χ0n) is 82.1. The highest BCUT2D eigenvalue weighted by atomic mass is 33.1. The van der Waals surface area contributed by atoms with Crippen LogP contribution in [0.5, 0.6) is 17.2 Å². The van der Waals surface area contributed by atoms with Crippen LogP contribution in [0.4, 0.5) is 0 Å². The molecule has 4 aliphatic heterocycles. The van der Waals surface area contributed by atoms with Crippen LogP contribution in [-0.2, 0) is 112 Å². The molecule has 148 heavy (non-hydrogen) atoms. The molecule has 8 aliphatic rings. The number of phenolic OH excluding ortho intramolecular Hbond substituents is 3. The summed E-state index contributed by atoms with van der Waals surface area (Å²) in [6.45, 7) is 0.0243. The van der Waals surface area contributed by atoms with Crippen molar-refractivity contribution in [3.8, 4) is 17.2 Å². The highest BCUT2D eigenvalue weighted by molar-refractivity contribution is 8.76. The molecular weight excluding hydrogens is 1960 g/mol. The van der Waals surface area contributed by atoms with Crippen molar-refractivity contribution >= 4 is 140 Å². The first-order chi connectivity index (χ1) is 70.6. The minimum atomic E-state index is -2.02. The summed E-state index contributed by atoms with van der Waals surface area (Å²) < 4.78 is 0. The molecule has 33 N–H and O–H groups in total. The Morgan fingerprint density at radius 1 is 0.541 bits per heavy atom. The molecule has 4 bridgehead atoms. The maximum Gasteiger partial charge on any atom is 0.326 e. The number of aromatic nitrogens is 2. The van der Waals surface area contributed by atoms with Crippen molar-refractivity contribution in [1.29, 1.82) is 10.8 Å². The Hall–Kier alpha value is -14.1. The molecule has 4 saturated carbocycles. The van der Waals surface area contributed by atoms with Gasteiger partial charge < -0.3 is 154 Å². The average Bonchev–Trinajstić information content (AvgIpc) is 0.925. The number of hydrogen-bond donors (Lipinski definition) is 28. The summed E-state index contributed by atoms with van der Waals surface area (Å²) in [5.41, 5.74) is 31.1. The Morgan fingerprint density at radius 2 is 1.07 bits per heavy atom. The monoisotopic (exact) mass is 2100 g/mol. The zero-order valence-corrected chi connectivity index (χ0v) is 83.8. The third-order valence-electron chi connectivity index (χ3n) is 27.6. The van der Waals surface area contributed by atoms with Gasteiger partial charge in [-0.2, -0.15) is 0 Å². The smallest absolute Gasteiger partial charge is 0.326 e. The minimum Gasteiger partial charge on any atom is -0.508 e. The van der Waals surface area contributed by atoms with Gasteiger partial charge in [0.15, 0.2) is 11.9 Å². The first kappa shape index (κ1) is 114. The number of carboxylic acids is 1. The highest BCUT2D eigenvalue weighted by Gasteiger charge is 2.50. The summed E-state index contributed by atoms with van der Waals surface area (Å²) >= 11 is 0. The summed E-state index contributed by atoms with van der Waals surface area (Å²) in [5, 5.41) is 108. The molecule has 0 unspecified atom stereocenters. The van der Waals surface area contributed by atoms with Crippen LogP contribution in [0.15, 0.2) is 85.3 Å². The van der Waals surface area contributed by atoms with Gasteiger partial charge in [0.05, 0.1) is 31.1 Å². The van der Waals surface area contributed by atoms with Gasteiger partial charge in [0, 0.05) is 101 Å². The van der Waals surface area contributed by atoms with Crippen molar-refractivity contribution < 1.29 is 112 Å². The van der Waals surface area contributed by atoms with Crippen molar-refractivity contribution in [1.82, 2.24) is 104 Å². The topological polar surface area (TPSA) is 805 Å². The van der Waals surface area contributed by atoms with E-state index < -0.39 is 272 Å². The molecule has 0 radical (unpaired) electrons. The third kappa shape index (κ3) is 33.7. The molecule has 8 fully saturated rings. The predicted molar refractivity (Wildman–Crippen MR) is 537 cm³/mol. The summed E-state index contributed by atoms with van der Waals surface area (Å²) in [7, 11) is 1.40. The second kappa shape index (κ2) is 55.0. The number of aliphatic hydroxyl groups excluding tert-OH is 1. The molecule has 4 saturated heterocycles. The Bertz CT molecular complexity index is 5350. The standard InChI is InChI=1S/C96H137N27O23S2/c1-49(124)78(120-87(138)69(43-57-44-104-48-109-57)114-81(132)62(98)40-50-12-18-58(125)19-13-50)91(142)118-71-47-148-147-46-70(117-86(137)68(42-52-16-22-60(127)23-17-52)115-83(134)64(8-3-30-107-96(102)103)110-80(131)61(97)28-31-105-90(141)72-9-4-32-121(72)77(130)45-108-82(133)63(111-88(71)139)7-2-29-106-95(100)101)89(140)116-67(41-51-14-20-59(126)21-15-51)85(136)112-65(25-27-76(129)119-79-55-36-53-35-54(38-55)39-56(79)37-53)84(135)113-66(24-26-75(99)128)92(143)122-33-5-10-73(122)93(144)123-34-6-11-74(123)94(145)146/h12-23,44,48-49,53-56,61-74,78-79,124-127H,2-11,24-43,45-47,97-98H2,1H3,(H2,99,128)(H,104,109)(H,105,141)(H,108,133)(H,110,131)(H,111,139)(H,112,136)(H,113,135)(H,114,132)(H,115,134)(H,116,140)(H,117,137)(H,118,142)(H,119,129)(H,120,138)(H,145,146)(H4,100,101,106)(H4,102,103,107)/t49-,53?,54?,55?,56?,61+,62+,63+,64+,65+,66+,67+,68+,69+,70+,71+,72-,73-,74+,78+,79?/m1/s1. The number of carboxylic acid groups (broad SMARTS) is 1. The quantitative estimate of drug-likeness (QED) is 0.00857. The molecule has 1 aromatic heterocycles. The van der Waals surface area contributed by atoms with Gasteiger partial charge in [-0.05, 0) is 206 Å². The number of benzene rings is 3. The first-order valence-electron chi connectivity index (χ1n) is 49.8. The van der Waals surface area contributed by atoms with E-state index in [1.807, 2.05) is 0 Å². The largest absolute Gasteiger partial charge is 0.508 e. The van der Waals surface area contributed by atoms with Gasteiger partial charge in [-0.3, -0.25) is 92.3 Å². The van der Waals surface area contributed by atoms with E-state index in [-0.39, 0.29) is 156 Å². The van der Waals surface area contributed by atoms with Gasteiger partial charge in [-0.1, -0.05) is 58.0 Å². The lowest BCUT2D eigenvalue weighted by atomic mass is 9.54. The second-order valence-electron chi connectivity index (χ2n) is 38.7. The van der Waals surface area contributed by atoms with E-state index in [9.17, 15) is 73.5 Å². The SMILES string of the molecule is C[C@@H](O)[C@H](NC(=O)[C@H](Cc1cnc[nH]1)NC(=O)[C@@H](N)Cc1ccc(O)cc1)C(=O)N[C@H]1CSSC[C@@H](C(=O)N[C@@H](Cc2ccc(O)cc2)C(=O)N[C@@H](CCC(=O)NC2C3CC4CC(C3)CC2C4)C(=O)N[C@@H](CCC(N)=O)C(=O)N2CCC[C@@H]2C(=O)N2CCC[C@H]2C(=O)O)NC(=O)[C@H](Cc2ccc(O)cc2)NC(=O)[C@H](CCCNC(=N)N)NC(=O)[C@@H](N)CCNC(=O)[C@H]2CCCN2C(=O)CNC(=O)[C@H](CCCNC(=N)N)NC1=O. The molecule has 0 spiro atoms. The van der Waals surface area contributed by atoms with Crippen molar-refractivity contribution in [2.24, 2.45) is 52.3 Å².